The number of nitrogens with zero attached hydrogens (tertiary/aromatic N) is 2. The number of nitrogens with one attached hydrogen (secondary N) is 1. The lowest BCUT2D eigenvalue weighted by molar-refractivity contribution is 1.15. The van der Waals surface area contributed by atoms with Gasteiger partial charge in [-0.2, -0.15) is 0 Å². The molecule has 0 amide bonds. The van der Waals surface area contributed by atoms with Gasteiger partial charge in [-0.1, -0.05) is 6.07 Å². The lowest BCUT2D eigenvalue weighted by atomic mass is 10.1. The Balaban J connectivity index is 2.20. The number of halogens is 1. The smallest absolute Gasteiger partial charge is 0.227 e. The summed E-state index contributed by atoms with van der Waals surface area (Å²) in [6.45, 7) is 4.18. The Morgan fingerprint density at radius 3 is 2.38 bits per heavy atom. The Bertz CT molecular complexity index is 494. The molecule has 82 valence electrons. The number of aromatic nitrogens is 2. The summed E-state index contributed by atoms with van der Waals surface area (Å²) in [6.07, 6.45) is 3.44. The maximum Gasteiger partial charge on any atom is 0.227 e. The van der Waals surface area contributed by atoms with Crippen LogP contribution in [0, 0.1) is 13.8 Å². The van der Waals surface area contributed by atoms with Gasteiger partial charge >= 0.3 is 0 Å². The summed E-state index contributed by atoms with van der Waals surface area (Å²) in [5.41, 5.74) is 3.54. The van der Waals surface area contributed by atoms with Crippen molar-refractivity contribution in [1.82, 2.24) is 9.97 Å². The predicted octanol–water partition coefficient (Wildman–Crippen LogP) is 3.60. The second-order valence-corrected chi connectivity index (χ2v) is 4.56. The van der Waals surface area contributed by atoms with Crippen molar-refractivity contribution in [3.63, 3.8) is 0 Å². The van der Waals surface area contributed by atoms with Crippen LogP contribution in [0.25, 0.3) is 0 Å². The lowest BCUT2D eigenvalue weighted by Crippen LogP contribution is -1.96. The normalized spacial score (nSPS) is 10.2. The predicted molar refractivity (Wildman–Crippen MR) is 68.9 cm³/mol. The van der Waals surface area contributed by atoms with Crippen LogP contribution in [-0.2, 0) is 0 Å². The van der Waals surface area contributed by atoms with E-state index >= 15 is 0 Å². The third-order valence-corrected chi connectivity index (χ3v) is 2.79. The number of hydrogen-bond acceptors (Lipinski definition) is 3. The van der Waals surface area contributed by atoms with E-state index in [0.29, 0.717) is 5.95 Å². The highest BCUT2D eigenvalue weighted by Crippen LogP contribution is 2.17. The Hall–Kier alpha value is -1.42. The van der Waals surface area contributed by atoms with Crippen LogP contribution in [0.2, 0.25) is 0 Å². The van der Waals surface area contributed by atoms with E-state index in [1.165, 1.54) is 11.1 Å². The average molecular weight is 278 g/mol. The number of rotatable bonds is 2. The van der Waals surface area contributed by atoms with Crippen molar-refractivity contribution >= 4 is 27.6 Å². The van der Waals surface area contributed by atoms with Crippen molar-refractivity contribution in [2.45, 2.75) is 13.8 Å². The minimum absolute atomic E-state index is 0.603. The molecule has 0 unspecified atom stereocenters. The Morgan fingerprint density at radius 2 is 1.75 bits per heavy atom. The third-order valence-electron chi connectivity index (χ3n) is 2.38. The van der Waals surface area contributed by atoms with Crippen molar-refractivity contribution in [3.05, 3.63) is 46.2 Å². The molecule has 0 spiro atoms. The minimum atomic E-state index is 0.603. The fraction of sp³-hybridized carbons (Fsp3) is 0.167. The van der Waals surface area contributed by atoms with Gasteiger partial charge in [0, 0.05) is 18.1 Å². The Kier molecular flexibility index (Phi) is 3.19. The average Bonchev–Trinajstić information content (AvgIpc) is 2.27. The minimum Gasteiger partial charge on any atom is -0.324 e. The molecule has 0 saturated carbocycles. The van der Waals surface area contributed by atoms with E-state index in [4.69, 9.17) is 0 Å². The molecule has 2 rings (SSSR count). The van der Waals surface area contributed by atoms with Gasteiger partial charge in [0.2, 0.25) is 5.95 Å². The van der Waals surface area contributed by atoms with Crippen molar-refractivity contribution in [2.75, 3.05) is 5.32 Å². The van der Waals surface area contributed by atoms with Crippen LogP contribution < -0.4 is 5.32 Å². The van der Waals surface area contributed by atoms with E-state index in [2.05, 4.69) is 57.2 Å². The lowest BCUT2D eigenvalue weighted by Gasteiger charge is -2.06. The second kappa shape index (κ2) is 4.61. The maximum atomic E-state index is 4.16. The summed E-state index contributed by atoms with van der Waals surface area (Å²) in [5, 5.41) is 3.16. The quantitative estimate of drug-likeness (QED) is 0.912. The Morgan fingerprint density at radius 1 is 1.06 bits per heavy atom. The molecule has 0 bridgehead atoms. The molecule has 2 aromatic rings. The van der Waals surface area contributed by atoms with Gasteiger partial charge in [-0.15, -0.1) is 0 Å². The zero-order valence-electron chi connectivity index (χ0n) is 9.16. The fourth-order valence-corrected chi connectivity index (χ4v) is 1.53. The summed E-state index contributed by atoms with van der Waals surface area (Å²) in [7, 11) is 0. The van der Waals surface area contributed by atoms with Crippen molar-refractivity contribution in [1.29, 1.82) is 0 Å². The topological polar surface area (TPSA) is 37.8 Å². The maximum absolute atomic E-state index is 4.16. The van der Waals surface area contributed by atoms with Gasteiger partial charge in [0.15, 0.2) is 0 Å². The number of benzene rings is 1. The van der Waals surface area contributed by atoms with E-state index in [1.807, 2.05) is 6.07 Å². The molecule has 1 N–H and O–H groups in total. The van der Waals surface area contributed by atoms with E-state index in [9.17, 15) is 0 Å². The monoisotopic (exact) mass is 277 g/mol. The van der Waals surface area contributed by atoms with Gasteiger partial charge in [-0.25, -0.2) is 9.97 Å². The first kappa shape index (κ1) is 11.1. The fourth-order valence-electron chi connectivity index (χ4n) is 1.33. The number of anilines is 2. The number of hydrogen-bond donors (Lipinski definition) is 1. The highest BCUT2D eigenvalue weighted by Gasteiger charge is 1.99. The Labute approximate surface area is 103 Å². The SMILES string of the molecule is Cc1ccc(Nc2ncc(Br)cn2)cc1C. The largest absolute Gasteiger partial charge is 0.324 e. The highest BCUT2D eigenvalue weighted by atomic mass is 79.9. The molecule has 0 aliphatic heterocycles. The van der Waals surface area contributed by atoms with Gasteiger partial charge in [0.05, 0.1) is 4.47 Å². The van der Waals surface area contributed by atoms with Crippen LogP contribution in [-0.4, -0.2) is 9.97 Å². The molecule has 4 heteroatoms. The van der Waals surface area contributed by atoms with Crippen LogP contribution in [0.5, 0.6) is 0 Å². The summed E-state index contributed by atoms with van der Waals surface area (Å²) in [4.78, 5) is 8.31. The van der Waals surface area contributed by atoms with Gasteiger partial charge in [-0.05, 0) is 53.0 Å². The molecule has 0 atom stereocenters. The van der Waals surface area contributed by atoms with E-state index in [1.54, 1.807) is 12.4 Å². The molecule has 3 nitrogen and oxygen atoms in total. The van der Waals surface area contributed by atoms with Crippen LogP contribution >= 0.6 is 15.9 Å². The molecule has 1 aromatic carbocycles. The van der Waals surface area contributed by atoms with E-state index in [-0.39, 0.29) is 0 Å². The van der Waals surface area contributed by atoms with Crippen molar-refractivity contribution in [2.24, 2.45) is 0 Å². The molecular weight excluding hydrogens is 266 g/mol. The van der Waals surface area contributed by atoms with Gasteiger partial charge in [0.25, 0.3) is 0 Å². The molecule has 0 aliphatic carbocycles. The first-order valence-corrected chi connectivity index (χ1v) is 5.76. The molecule has 0 radical (unpaired) electrons. The van der Waals surface area contributed by atoms with Crippen molar-refractivity contribution in [3.8, 4) is 0 Å². The van der Waals surface area contributed by atoms with Crippen LogP contribution in [0.1, 0.15) is 11.1 Å². The first-order valence-electron chi connectivity index (χ1n) is 4.97. The summed E-state index contributed by atoms with van der Waals surface area (Å²) in [5.74, 6) is 0.603. The van der Waals surface area contributed by atoms with Gasteiger partial charge in [0.1, 0.15) is 0 Å². The van der Waals surface area contributed by atoms with Gasteiger partial charge in [-0.3, -0.25) is 0 Å². The van der Waals surface area contributed by atoms with Crippen LogP contribution in [0.4, 0.5) is 11.6 Å². The van der Waals surface area contributed by atoms with Crippen molar-refractivity contribution < 1.29 is 0 Å². The molecule has 0 saturated heterocycles. The molecular formula is C12H12BrN3. The van der Waals surface area contributed by atoms with Crippen LogP contribution in [0.15, 0.2) is 35.1 Å². The van der Waals surface area contributed by atoms with Crippen LogP contribution in [0.3, 0.4) is 0 Å². The molecule has 0 aliphatic rings. The highest BCUT2D eigenvalue weighted by molar-refractivity contribution is 9.10. The molecule has 16 heavy (non-hydrogen) atoms. The summed E-state index contributed by atoms with van der Waals surface area (Å²) < 4.78 is 0.873. The third kappa shape index (κ3) is 2.58. The standard InChI is InChI=1S/C12H12BrN3/c1-8-3-4-11(5-9(8)2)16-12-14-6-10(13)7-15-12/h3-7H,1-2H3,(H,14,15,16). The summed E-state index contributed by atoms with van der Waals surface area (Å²) in [6, 6.07) is 6.19. The number of aryl methyl sites for hydroxylation is 2. The van der Waals surface area contributed by atoms with Gasteiger partial charge < -0.3 is 5.32 Å². The summed E-state index contributed by atoms with van der Waals surface area (Å²) >= 11 is 3.30. The zero-order chi connectivity index (χ0) is 11.5. The molecule has 0 fully saturated rings. The van der Waals surface area contributed by atoms with E-state index < -0.39 is 0 Å². The molecule has 1 aromatic heterocycles. The van der Waals surface area contributed by atoms with E-state index in [0.717, 1.165) is 10.2 Å². The second-order valence-electron chi connectivity index (χ2n) is 3.65. The first-order chi connectivity index (χ1) is 7.65. The molecule has 1 heterocycles. The zero-order valence-corrected chi connectivity index (χ0v) is 10.7.